The molecule has 1 heterocycles. The van der Waals surface area contributed by atoms with E-state index in [1.54, 1.807) is 0 Å². The van der Waals surface area contributed by atoms with E-state index in [9.17, 15) is 0 Å². The smallest absolute Gasteiger partial charge is 0.130 e. The molecule has 1 atom stereocenters. The van der Waals surface area contributed by atoms with Gasteiger partial charge in [0.1, 0.15) is 12.4 Å². The van der Waals surface area contributed by atoms with Crippen molar-refractivity contribution in [1.29, 1.82) is 0 Å². The van der Waals surface area contributed by atoms with Gasteiger partial charge < -0.3 is 10.1 Å². The third-order valence-corrected chi connectivity index (χ3v) is 3.29. The van der Waals surface area contributed by atoms with E-state index in [-0.39, 0.29) is 6.04 Å². The maximum Gasteiger partial charge on any atom is 0.130 e. The van der Waals surface area contributed by atoms with Crippen molar-refractivity contribution in [3.8, 4) is 5.75 Å². The maximum atomic E-state index is 5.94. The lowest BCUT2D eigenvalue weighted by Crippen LogP contribution is -2.14. The second kappa shape index (κ2) is 5.89. The zero-order valence-corrected chi connectivity index (χ0v) is 12.0. The van der Waals surface area contributed by atoms with Crippen LogP contribution in [0.5, 0.6) is 5.75 Å². The highest BCUT2D eigenvalue weighted by Crippen LogP contribution is 2.25. The van der Waals surface area contributed by atoms with E-state index in [0.717, 1.165) is 17.1 Å². The molecular weight excluding hydrogens is 238 g/mol. The molecule has 19 heavy (non-hydrogen) atoms. The van der Waals surface area contributed by atoms with Crippen LogP contribution < -0.4 is 10.1 Å². The normalized spacial score (nSPS) is 12.4. The van der Waals surface area contributed by atoms with Crippen molar-refractivity contribution in [2.75, 3.05) is 7.05 Å². The van der Waals surface area contributed by atoms with Crippen molar-refractivity contribution >= 4 is 0 Å². The monoisotopic (exact) mass is 259 g/mol. The average molecular weight is 259 g/mol. The summed E-state index contributed by atoms with van der Waals surface area (Å²) in [7, 11) is 3.89. The molecule has 4 nitrogen and oxygen atoms in total. The summed E-state index contributed by atoms with van der Waals surface area (Å²) < 4.78 is 7.80. The number of hydrogen-bond donors (Lipinski definition) is 1. The minimum atomic E-state index is 0.268. The number of hydrogen-bond acceptors (Lipinski definition) is 3. The lowest BCUT2D eigenvalue weighted by atomic mass is 10.1. The molecule has 0 amide bonds. The molecule has 0 aliphatic rings. The summed E-state index contributed by atoms with van der Waals surface area (Å²) in [6.45, 7) is 4.64. The highest BCUT2D eigenvalue weighted by molar-refractivity contribution is 5.35. The number of rotatable bonds is 5. The fourth-order valence-corrected chi connectivity index (χ4v) is 2.08. The van der Waals surface area contributed by atoms with E-state index in [0.29, 0.717) is 6.61 Å². The summed E-state index contributed by atoms with van der Waals surface area (Å²) in [5, 5.41) is 7.56. The standard InChI is InChI=1S/C15H21N3O/c1-11-9-13(18(4)17-11)10-19-15-8-6-5-7-14(15)12(2)16-3/h5-9,12,16H,10H2,1-4H3. The average Bonchev–Trinajstić information content (AvgIpc) is 2.74. The summed E-state index contributed by atoms with van der Waals surface area (Å²) in [5.41, 5.74) is 3.26. The zero-order chi connectivity index (χ0) is 13.8. The minimum absolute atomic E-state index is 0.268. The van der Waals surface area contributed by atoms with Gasteiger partial charge in [0.15, 0.2) is 0 Å². The molecule has 0 saturated carbocycles. The SMILES string of the molecule is CNC(C)c1ccccc1OCc1cc(C)nn1C. The first-order chi connectivity index (χ1) is 9.11. The van der Waals surface area contributed by atoms with Crippen LogP contribution in [-0.2, 0) is 13.7 Å². The molecule has 0 bridgehead atoms. The first-order valence-corrected chi connectivity index (χ1v) is 6.50. The van der Waals surface area contributed by atoms with Gasteiger partial charge in [-0.25, -0.2) is 0 Å². The van der Waals surface area contributed by atoms with Crippen molar-refractivity contribution in [3.63, 3.8) is 0 Å². The van der Waals surface area contributed by atoms with Gasteiger partial charge in [-0.1, -0.05) is 18.2 Å². The molecule has 2 rings (SSSR count). The molecule has 1 aromatic carbocycles. The van der Waals surface area contributed by atoms with Crippen LogP contribution in [0.15, 0.2) is 30.3 Å². The van der Waals surface area contributed by atoms with E-state index < -0.39 is 0 Å². The number of aromatic nitrogens is 2. The highest BCUT2D eigenvalue weighted by atomic mass is 16.5. The van der Waals surface area contributed by atoms with Gasteiger partial charge in [0.25, 0.3) is 0 Å². The Kier molecular flexibility index (Phi) is 4.22. The van der Waals surface area contributed by atoms with E-state index in [1.807, 2.05) is 50.0 Å². The van der Waals surface area contributed by atoms with Crippen LogP contribution in [0.25, 0.3) is 0 Å². The topological polar surface area (TPSA) is 39.1 Å². The van der Waals surface area contributed by atoms with Crippen LogP contribution in [0.2, 0.25) is 0 Å². The molecular formula is C15H21N3O. The van der Waals surface area contributed by atoms with Crippen molar-refractivity contribution in [3.05, 3.63) is 47.3 Å². The van der Waals surface area contributed by atoms with Crippen LogP contribution in [0, 0.1) is 6.92 Å². The Morgan fingerprint density at radius 2 is 2.11 bits per heavy atom. The predicted octanol–water partition coefficient (Wildman–Crippen LogP) is 2.59. The van der Waals surface area contributed by atoms with Gasteiger partial charge >= 0.3 is 0 Å². The van der Waals surface area contributed by atoms with Gasteiger partial charge in [0, 0.05) is 18.7 Å². The van der Waals surface area contributed by atoms with E-state index in [2.05, 4.69) is 23.4 Å². The second-order valence-corrected chi connectivity index (χ2v) is 4.74. The molecule has 0 spiro atoms. The third kappa shape index (κ3) is 3.15. The number of ether oxygens (including phenoxy) is 1. The van der Waals surface area contributed by atoms with Crippen molar-refractivity contribution in [1.82, 2.24) is 15.1 Å². The number of aryl methyl sites for hydroxylation is 2. The summed E-state index contributed by atoms with van der Waals surface area (Å²) in [5.74, 6) is 0.920. The molecule has 2 aromatic rings. The lowest BCUT2D eigenvalue weighted by Gasteiger charge is -2.16. The Morgan fingerprint density at radius 3 is 2.74 bits per heavy atom. The Bertz CT molecular complexity index is 548. The van der Waals surface area contributed by atoms with E-state index in [1.165, 1.54) is 5.56 Å². The maximum absolute atomic E-state index is 5.94. The van der Waals surface area contributed by atoms with Gasteiger partial charge in [-0.05, 0) is 33.0 Å². The number of nitrogens with one attached hydrogen (secondary N) is 1. The highest BCUT2D eigenvalue weighted by Gasteiger charge is 2.10. The Labute approximate surface area is 114 Å². The molecule has 1 unspecified atom stereocenters. The summed E-state index contributed by atoms with van der Waals surface area (Å²) in [4.78, 5) is 0. The first kappa shape index (κ1) is 13.6. The van der Waals surface area contributed by atoms with E-state index in [4.69, 9.17) is 4.74 Å². The molecule has 0 radical (unpaired) electrons. The van der Waals surface area contributed by atoms with Gasteiger partial charge in [-0.15, -0.1) is 0 Å². The number of nitrogens with zero attached hydrogens (tertiary/aromatic N) is 2. The van der Waals surface area contributed by atoms with Crippen molar-refractivity contribution in [2.24, 2.45) is 7.05 Å². The molecule has 0 aliphatic heterocycles. The fourth-order valence-electron chi connectivity index (χ4n) is 2.08. The first-order valence-electron chi connectivity index (χ1n) is 6.50. The summed E-state index contributed by atoms with van der Waals surface area (Å²) in [6, 6.07) is 10.4. The molecule has 102 valence electrons. The van der Waals surface area contributed by atoms with Crippen LogP contribution in [0.3, 0.4) is 0 Å². The summed E-state index contributed by atoms with van der Waals surface area (Å²) in [6.07, 6.45) is 0. The fraction of sp³-hybridized carbons (Fsp3) is 0.400. The van der Waals surface area contributed by atoms with Gasteiger partial charge in [-0.2, -0.15) is 5.10 Å². The molecule has 4 heteroatoms. The van der Waals surface area contributed by atoms with Crippen LogP contribution in [-0.4, -0.2) is 16.8 Å². The lowest BCUT2D eigenvalue weighted by molar-refractivity contribution is 0.289. The van der Waals surface area contributed by atoms with E-state index >= 15 is 0 Å². The zero-order valence-electron chi connectivity index (χ0n) is 12.0. The number of benzene rings is 1. The molecule has 0 saturated heterocycles. The van der Waals surface area contributed by atoms with Gasteiger partial charge in [0.05, 0.1) is 11.4 Å². The Morgan fingerprint density at radius 1 is 1.37 bits per heavy atom. The van der Waals surface area contributed by atoms with Gasteiger partial charge in [-0.3, -0.25) is 4.68 Å². The summed E-state index contributed by atoms with van der Waals surface area (Å²) >= 11 is 0. The minimum Gasteiger partial charge on any atom is -0.487 e. The van der Waals surface area contributed by atoms with Gasteiger partial charge in [0.2, 0.25) is 0 Å². The van der Waals surface area contributed by atoms with Crippen molar-refractivity contribution in [2.45, 2.75) is 26.5 Å². The predicted molar refractivity (Wildman–Crippen MR) is 76.2 cm³/mol. The molecule has 1 aromatic heterocycles. The second-order valence-electron chi connectivity index (χ2n) is 4.74. The molecule has 1 N–H and O–H groups in total. The number of para-hydroxylation sites is 1. The van der Waals surface area contributed by atoms with Crippen molar-refractivity contribution < 1.29 is 4.74 Å². The quantitative estimate of drug-likeness (QED) is 0.897. The third-order valence-electron chi connectivity index (χ3n) is 3.29. The van der Waals surface area contributed by atoms with Crippen LogP contribution in [0.1, 0.15) is 29.9 Å². The molecule has 0 aliphatic carbocycles. The van der Waals surface area contributed by atoms with Crippen LogP contribution >= 0.6 is 0 Å². The Balaban J connectivity index is 2.13. The Hall–Kier alpha value is -1.81. The largest absolute Gasteiger partial charge is 0.487 e. The molecule has 0 fully saturated rings. The van der Waals surface area contributed by atoms with Crippen LogP contribution in [0.4, 0.5) is 0 Å².